The van der Waals surface area contributed by atoms with E-state index in [9.17, 15) is 4.79 Å². The van der Waals surface area contributed by atoms with Gasteiger partial charge in [0.25, 0.3) is 5.91 Å². The summed E-state index contributed by atoms with van der Waals surface area (Å²) < 4.78 is 5.76. The molecule has 0 aliphatic carbocycles. The second kappa shape index (κ2) is 10.1. The minimum absolute atomic E-state index is 0.0826. The molecule has 4 heterocycles. The molecule has 7 heteroatoms. The molecule has 1 N–H and O–H groups in total. The molecule has 2 aliphatic rings. The lowest BCUT2D eigenvalue weighted by Gasteiger charge is -2.35. The van der Waals surface area contributed by atoms with E-state index < -0.39 is 0 Å². The zero-order valence-electron chi connectivity index (χ0n) is 18.7. The highest BCUT2D eigenvalue weighted by Gasteiger charge is 2.32. The van der Waals surface area contributed by atoms with Crippen LogP contribution in [0.1, 0.15) is 43.8 Å². The van der Waals surface area contributed by atoms with Gasteiger partial charge < -0.3 is 15.0 Å². The van der Waals surface area contributed by atoms with Crippen LogP contribution in [0.25, 0.3) is 11.3 Å². The minimum Gasteiger partial charge on any atom is -0.368 e. The van der Waals surface area contributed by atoms with E-state index in [1.54, 1.807) is 6.20 Å². The summed E-state index contributed by atoms with van der Waals surface area (Å²) in [5.74, 6) is 1.70. The number of nitrogens with one attached hydrogen (secondary N) is 1. The molecule has 33 heavy (non-hydrogen) atoms. The molecule has 0 unspecified atom stereocenters. The van der Waals surface area contributed by atoms with E-state index in [0.29, 0.717) is 13.2 Å². The fraction of sp³-hybridized carbons (Fsp3) is 0.385. The molecule has 0 saturated carbocycles. The molecule has 1 amide bonds. The van der Waals surface area contributed by atoms with Gasteiger partial charge in [0.2, 0.25) is 0 Å². The Balaban J connectivity index is 1.42. The summed E-state index contributed by atoms with van der Waals surface area (Å²) in [6, 6.07) is 15.9. The summed E-state index contributed by atoms with van der Waals surface area (Å²) in [5.41, 5.74) is 2.73. The maximum absolute atomic E-state index is 13.1. The zero-order chi connectivity index (χ0) is 22.5. The van der Waals surface area contributed by atoms with Gasteiger partial charge in [-0.05, 0) is 56.4 Å². The highest BCUT2D eigenvalue weighted by molar-refractivity contribution is 5.81. The van der Waals surface area contributed by atoms with Crippen LogP contribution in [0.5, 0.6) is 0 Å². The third-order valence-electron chi connectivity index (χ3n) is 6.30. The van der Waals surface area contributed by atoms with Gasteiger partial charge in [0.15, 0.2) is 0 Å². The van der Waals surface area contributed by atoms with Crippen LogP contribution in [-0.2, 0) is 9.53 Å². The Kier molecular flexibility index (Phi) is 6.58. The molecule has 0 radical (unpaired) electrons. The number of nitrogens with zero attached hydrogens (tertiary/aromatic N) is 4. The number of carbonyl (C=O) groups is 1. The smallest absolute Gasteiger partial charge is 0.251 e. The van der Waals surface area contributed by atoms with E-state index in [0.717, 1.165) is 67.2 Å². The predicted molar refractivity (Wildman–Crippen MR) is 127 cm³/mol. The average Bonchev–Trinajstić information content (AvgIpc) is 2.90. The number of aromatic nitrogens is 3. The normalized spacial score (nSPS) is 20.9. The fourth-order valence-corrected chi connectivity index (χ4v) is 4.57. The van der Waals surface area contributed by atoms with E-state index in [1.165, 1.54) is 0 Å². The maximum Gasteiger partial charge on any atom is 0.251 e. The number of rotatable bonds is 5. The molecule has 170 valence electrons. The van der Waals surface area contributed by atoms with E-state index in [-0.39, 0.29) is 17.9 Å². The van der Waals surface area contributed by atoms with Crippen molar-refractivity contribution in [2.24, 2.45) is 0 Å². The van der Waals surface area contributed by atoms with Crippen molar-refractivity contribution >= 4 is 17.4 Å². The van der Waals surface area contributed by atoms with Gasteiger partial charge in [0.05, 0.1) is 5.69 Å². The Morgan fingerprint density at radius 2 is 1.94 bits per heavy atom. The quantitative estimate of drug-likeness (QED) is 0.623. The lowest BCUT2D eigenvalue weighted by atomic mass is 9.95. The summed E-state index contributed by atoms with van der Waals surface area (Å²) in [6.45, 7) is 2.07. The molecule has 2 atom stereocenters. The summed E-state index contributed by atoms with van der Waals surface area (Å²) in [4.78, 5) is 29.1. The van der Waals surface area contributed by atoms with Crippen molar-refractivity contribution in [1.29, 1.82) is 0 Å². The van der Waals surface area contributed by atoms with Gasteiger partial charge in [0.1, 0.15) is 17.7 Å². The van der Waals surface area contributed by atoms with Gasteiger partial charge in [-0.2, -0.15) is 0 Å². The molecule has 7 nitrogen and oxygen atoms in total. The SMILES string of the molecule is O=C([C@H]1CCCCO1)N1CCC[C@@H](c2nc(Nc3ccccc3)cc(-c3cccnc3)n2)C1. The maximum atomic E-state index is 13.1. The van der Waals surface area contributed by atoms with Gasteiger partial charge in [-0.15, -0.1) is 0 Å². The molecule has 0 spiro atoms. The van der Waals surface area contributed by atoms with Crippen molar-refractivity contribution in [1.82, 2.24) is 19.9 Å². The van der Waals surface area contributed by atoms with Crippen molar-refractivity contribution in [3.05, 3.63) is 66.7 Å². The van der Waals surface area contributed by atoms with Crippen LogP contribution in [0.2, 0.25) is 0 Å². The number of ether oxygens (including phenoxy) is 1. The average molecular weight is 444 g/mol. The van der Waals surface area contributed by atoms with Crippen LogP contribution in [0, 0.1) is 0 Å². The molecule has 2 aliphatic heterocycles. The largest absolute Gasteiger partial charge is 0.368 e. The lowest BCUT2D eigenvalue weighted by molar-refractivity contribution is -0.147. The first kappa shape index (κ1) is 21.5. The van der Waals surface area contributed by atoms with Gasteiger partial charge in [-0.1, -0.05) is 18.2 Å². The number of piperidine rings is 1. The van der Waals surface area contributed by atoms with E-state index in [2.05, 4.69) is 10.3 Å². The third-order valence-corrected chi connectivity index (χ3v) is 6.30. The van der Waals surface area contributed by atoms with E-state index >= 15 is 0 Å². The Bertz CT molecular complexity index is 1070. The monoisotopic (exact) mass is 443 g/mol. The number of hydrogen-bond donors (Lipinski definition) is 1. The molecule has 0 bridgehead atoms. The summed E-state index contributed by atoms with van der Waals surface area (Å²) >= 11 is 0. The molecule has 1 aromatic carbocycles. The zero-order valence-corrected chi connectivity index (χ0v) is 18.7. The standard InChI is InChI=1S/C26H29N5O2/c32-26(23-12-4-5-15-33-23)31-14-7-9-20(18-31)25-29-22(19-8-6-13-27-17-19)16-24(30-25)28-21-10-2-1-3-11-21/h1-3,6,8,10-11,13,16-17,20,23H,4-5,7,9,12,14-15,18H2,(H,28,29,30)/t20-,23-/m1/s1. The Morgan fingerprint density at radius 1 is 1.03 bits per heavy atom. The van der Waals surface area contributed by atoms with Crippen molar-refractivity contribution < 1.29 is 9.53 Å². The molecule has 2 saturated heterocycles. The Hall–Kier alpha value is -3.32. The molecular formula is C26H29N5O2. The second-order valence-corrected chi connectivity index (χ2v) is 8.71. The number of hydrogen-bond acceptors (Lipinski definition) is 6. The summed E-state index contributed by atoms with van der Waals surface area (Å²) in [5, 5.41) is 3.41. The molecule has 2 aromatic heterocycles. The van der Waals surface area contributed by atoms with Gasteiger partial charge in [-0.3, -0.25) is 9.78 Å². The van der Waals surface area contributed by atoms with Crippen LogP contribution >= 0.6 is 0 Å². The minimum atomic E-state index is -0.296. The molecule has 5 rings (SSSR count). The second-order valence-electron chi connectivity index (χ2n) is 8.71. The van der Waals surface area contributed by atoms with Crippen molar-refractivity contribution in [3.8, 4) is 11.3 Å². The number of pyridine rings is 1. The number of amides is 1. The summed E-state index contributed by atoms with van der Waals surface area (Å²) in [7, 11) is 0. The lowest BCUT2D eigenvalue weighted by Crippen LogP contribution is -2.46. The van der Waals surface area contributed by atoms with Crippen molar-refractivity contribution in [2.45, 2.75) is 44.1 Å². The summed E-state index contributed by atoms with van der Waals surface area (Å²) in [6.07, 6.45) is 8.08. The number of carbonyl (C=O) groups excluding carboxylic acids is 1. The van der Waals surface area contributed by atoms with E-state index in [1.807, 2.05) is 59.6 Å². The van der Waals surface area contributed by atoms with E-state index in [4.69, 9.17) is 14.7 Å². The first-order valence-corrected chi connectivity index (χ1v) is 11.8. The highest BCUT2D eigenvalue weighted by Crippen LogP contribution is 2.30. The van der Waals surface area contributed by atoms with Crippen LogP contribution in [0.15, 0.2) is 60.9 Å². The van der Waals surface area contributed by atoms with Crippen molar-refractivity contribution in [3.63, 3.8) is 0 Å². The predicted octanol–water partition coefficient (Wildman–Crippen LogP) is 4.56. The van der Waals surface area contributed by atoms with Crippen LogP contribution in [0.3, 0.4) is 0 Å². The number of anilines is 2. The van der Waals surface area contributed by atoms with Gasteiger partial charge in [-0.25, -0.2) is 9.97 Å². The van der Waals surface area contributed by atoms with Gasteiger partial charge >= 0.3 is 0 Å². The first-order valence-electron chi connectivity index (χ1n) is 11.8. The van der Waals surface area contributed by atoms with Crippen LogP contribution < -0.4 is 5.32 Å². The molecule has 2 fully saturated rings. The van der Waals surface area contributed by atoms with Crippen molar-refractivity contribution in [2.75, 3.05) is 25.0 Å². The third kappa shape index (κ3) is 5.20. The first-order chi connectivity index (χ1) is 16.3. The van der Waals surface area contributed by atoms with Crippen LogP contribution in [-0.4, -0.2) is 51.6 Å². The molecule has 3 aromatic rings. The Labute approximate surface area is 194 Å². The highest BCUT2D eigenvalue weighted by atomic mass is 16.5. The number of benzene rings is 1. The molecular weight excluding hydrogens is 414 g/mol. The number of likely N-dealkylation sites (tertiary alicyclic amines) is 1. The number of para-hydroxylation sites is 1. The van der Waals surface area contributed by atoms with Crippen LogP contribution in [0.4, 0.5) is 11.5 Å². The fourth-order valence-electron chi connectivity index (χ4n) is 4.57. The Morgan fingerprint density at radius 3 is 2.73 bits per heavy atom. The topological polar surface area (TPSA) is 80.2 Å². The van der Waals surface area contributed by atoms with Gasteiger partial charge in [0, 0.05) is 55.3 Å².